The zero-order valence-corrected chi connectivity index (χ0v) is 11.2. The van der Waals surface area contributed by atoms with Crippen molar-refractivity contribution in [1.29, 1.82) is 0 Å². The first-order valence-electron chi connectivity index (χ1n) is 5.77. The average molecular weight is 281 g/mol. The first-order valence-corrected chi connectivity index (χ1v) is 6.65. The molecule has 19 heavy (non-hydrogen) atoms. The van der Waals surface area contributed by atoms with Gasteiger partial charge < -0.3 is 20.6 Å². The molecule has 1 heterocycles. The summed E-state index contributed by atoms with van der Waals surface area (Å²) in [7, 11) is 1.59. The fourth-order valence-corrected chi connectivity index (χ4v) is 2.61. The van der Waals surface area contributed by atoms with Gasteiger partial charge in [-0.25, -0.2) is 4.98 Å². The molecule has 0 spiro atoms. The molecule has 0 aliphatic heterocycles. The number of aliphatic carboxylic acids is 1. The summed E-state index contributed by atoms with van der Waals surface area (Å²) in [4.78, 5) is 18.5. The van der Waals surface area contributed by atoms with Gasteiger partial charge in [0.15, 0.2) is 5.16 Å². The van der Waals surface area contributed by atoms with E-state index in [2.05, 4.69) is 9.97 Å². The maximum absolute atomic E-state index is 11.1. The van der Waals surface area contributed by atoms with Crippen LogP contribution >= 0.6 is 11.8 Å². The lowest BCUT2D eigenvalue weighted by molar-refractivity contribution is -0.136. The van der Waals surface area contributed by atoms with Crippen LogP contribution in [0.4, 0.5) is 0 Å². The standard InChI is InChI=1S/C12H15N3O3S/c1-18-7-2-3-8-9(6-7)15-12(14-8)19-10(4-5-13)11(16)17/h2-3,6,10H,4-5,13H2,1H3,(H,14,15)(H,16,17). The molecule has 1 aromatic carbocycles. The number of hydrogen-bond donors (Lipinski definition) is 3. The summed E-state index contributed by atoms with van der Waals surface area (Å²) >= 11 is 1.17. The minimum absolute atomic E-state index is 0.331. The van der Waals surface area contributed by atoms with Crippen molar-refractivity contribution in [3.8, 4) is 5.75 Å². The molecule has 7 heteroatoms. The molecule has 1 aromatic heterocycles. The van der Waals surface area contributed by atoms with E-state index in [0.29, 0.717) is 18.1 Å². The molecular weight excluding hydrogens is 266 g/mol. The number of nitrogens with two attached hydrogens (primary N) is 1. The monoisotopic (exact) mass is 281 g/mol. The summed E-state index contributed by atoms with van der Waals surface area (Å²) in [6.07, 6.45) is 0.403. The van der Waals surface area contributed by atoms with Crippen molar-refractivity contribution in [1.82, 2.24) is 9.97 Å². The predicted octanol–water partition coefficient (Wildman–Crippen LogP) is 1.47. The molecule has 2 aromatic rings. The van der Waals surface area contributed by atoms with Crippen LogP contribution in [-0.2, 0) is 4.79 Å². The molecule has 0 bridgehead atoms. The average Bonchev–Trinajstić information content (AvgIpc) is 2.79. The van der Waals surface area contributed by atoms with Crippen molar-refractivity contribution in [2.75, 3.05) is 13.7 Å². The molecule has 1 atom stereocenters. The Bertz CT molecular complexity index is 585. The van der Waals surface area contributed by atoms with Crippen LogP contribution in [0.5, 0.6) is 5.75 Å². The lowest BCUT2D eigenvalue weighted by Crippen LogP contribution is -2.20. The molecule has 0 saturated heterocycles. The van der Waals surface area contributed by atoms with E-state index in [1.54, 1.807) is 7.11 Å². The molecule has 0 aliphatic rings. The second-order valence-electron chi connectivity index (χ2n) is 3.95. The Hall–Kier alpha value is -1.73. The van der Waals surface area contributed by atoms with Gasteiger partial charge in [-0.1, -0.05) is 11.8 Å². The van der Waals surface area contributed by atoms with E-state index in [1.165, 1.54) is 11.8 Å². The Morgan fingerprint density at radius 3 is 3.05 bits per heavy atom. The molecule has 0 amide bonds. The molecule has 0 radical (unpaired) electrons. The summed E-state index contributed by atoms with van der Waals surface area (Å²) < 4.78 is 5.12. The number of methoxy groups -OCH3 is 1. The number of carboxylic acids is 1. The number of thioether (sulfide) groups is 1. The van der Waals surface area contributed by atoms with Crippen LogP contribution in [0.3, 0.4) is 0 Å². The highest BCUT2D eigenvalue weighted by Gasteiger charge is 2.19. The van der Waals surface area contributed by atoms with Crippen molar-refractivity contribution in [3.63, 3.8) is 0 Å². The molecule has 0 aliphatic carbocycles. The SMILES string of the molecule is COc1ccc2nc(SC(CCN)C(=O)O)[nH]c2c1. The largest absolute Gasteiger partial charge is 0.497 e. The summed E-state index contributed by atoms with van der Waals surface area (Å²) in [5, 5.41) is 9.07. The van der Waals surface area contributed by atoms with Gasteiger partial charge >= 0.3 is 5.97 Å². The second-order valence-corrected chi connectivity index (χ2v) is 5.14. The third-order valence-electron chi connectivity index (χ3n) is 2.63. The summed E-state index contributed by atoms with van der Waals surface area (Å²) in [5.41, 5.74) is 7.01. The second kappa shape index (κ2) is 5.94. The van der Waals surface area contributed by atoms with Crippen molar-refractivity contribution in [3.05, 3.63) is 18.2 Å². The normalized spacial score (nSPS) is 12.5. The summed E-state index contributed by atoms with van der Waals surface area (Å²) in [6.45, 7) is 0.331. The molecule has 1 unspecified atom stereocenters. The minimum atomic E-state index is -0.881. The van der Waals surface area contributed by atoms with Crippen LogP contribution < -0.4 is 10.5 Å². The smallest absolute Gasteiger partial charge is 0.317 e. The number of H-pyrrole nitrogens is 1. The van der Waals surface area contributed by atoms with E-state index in [0.717, 1.165) is 16.8 Å². The highest BCUT2D eigenvalue weighted by atomic mass is 32.2. The number of aromatic amines is 1. The van der Waals surface area contributed by atoms with Crippen molar-refractivity contribution >= 4 is 28.8 Å². The number of nitrogens with one attached hydrogen (secondary N) is 1. The zero-order chi connectivity index (χ0) is 13.8. The number of rotatable bonds is 6. The molecular formula is C12H15N3O3S. The van der Waals surface area contributed by atoms with Gasteiger partial charge in [0.2, 0.25) is 0 Å². The number of benzene rings is 1. The Kier molecular flexibility index (Phi) is 4.28. The lowest BCUT2D eigenvalue weighted by Gasteiger charge is -2.07. The van der Waals surface area contributed by atoms with E-state index in [9.17, 15) is 4.79 Å². The lowest BCUT2D eigenvalue weighted by atomic mass is 10.3. The fourth-order valence-electron chi connectivity index (χ4n) is 1.67. The molecule has 0 fully saturated rings. The Balaban J connectivity index is 2.22. The van der Waals surface area contributed by atoms with Crippen molar-refractivity contribution < 1.29 is 14.6 Å². The zero-order valence-electron chi connectivity index (χ0n) is 10.4. The predicted molar refractivity (Wildman–Crippen MR) is 73.6 cm³/mol. The van der Waals surface area contributed by atoms with E-state index < -0.39 is 11.2 Å². The van der Waals surface area contributed by atoms with Gasteiger partial charge in [-0.2, -0.15) is 0 Å². The summed E-state index contributed by atoms with van der Waals surface area (Å²) in [6, 6.07) is 5.46. The molecule has 6 nitrogen and oxygen atoms in total. The number of nitrogens with zero attached hydrogens (tertiary/aromatic N) is 1. The maximum atomic E-state index is 11.1. The number of carbonyl (C=O) groups is 1. The van der Waals surface area contributed by atoms with Crippen LogP contribution in [0.25, 0.3) is 11.0 Å². The fraction of sp³-hybridized carbons (Fsp3) is 0.333. The van der Waals surface area contributed by atoms with E-state index >= 15 is 0 Å². The molecule has 4 N–H and O–H groups in total. The van der Waals surface area contributed by atoms with Gasteiger partial charge in [-0.05, 0) is 25.1 Å². The van der Waals surface area contributed by atoms with Gasteiger partial charge in [0.05, 0.1) is 18.1 Å². The highest BCUT2D eigenvalue weighted by molar-refractivity contribution is 8.00. The first kappa shape index (κ1) is 13.7. The number of carboxylic acid groups (broad SMARTS) is 1. The number of ether oxygens (including phenoxy) is 1. The number of imidazole rings is 1. The van der Waals surface area contributed by atoms with Crippen LogP contribution in [0.1, 0.15) is 6.42 Å². The van der Waals surface area contributed by atoms with Crippen molar-refractivity contribution in [2.45, 2.75) is 16.8 Å². The summed E-state index contributed by atoms with van der Waals surface area (Å²) in [5.74, 6) is -0.155. The quantitative estimate of drug-likeness (QED) is 0.693. The van der Waals surface area contributed by atoms with Gasteiger partial charge in [0.1, 0.15) is 11.0 Å². The van der Waals surface area contributed by atoms with Crippen LogP contribution in [0.2, 0.25) is 0 Å². The van der Waals surface area contributed by atoms with Crippen LogP contribution in [0.15, 0.2) is 23.4 Å². The van der Waals surface area contributed by atoms with Gasteiger partial charge in [0.25, 0.3) is 0 Å². The number of aromatic nitrogens is 2. The Labute approximate surface area is 114 Å². The highest BCUT2D eigenvalue weighted by Crippen LogP contribution is 2.27. The molecule has 102 valence electrons. The maximum Gasteiger partial charge on any atom is 0.317 e. The Morgan fingerprint density at radius 2 is 2.42 bits per heavy atom. The number of hydrogen-bond acceptors (Lipinski definition) is 5. The van der Waals surface area contributed by atoms with E-state index in [-0.39, 0.29) is 0 Å². The molecule has 0 saturated carbocycles. The molecule has 2 rings (SSSR count). The van der Waals surface area contributed by atoms with E-state index in [1.807, 2.05) is 18.2 Å². The van der Waals surface area contributed by atoms with Crippen molar-refractivity contribution in [2.24, 2.45) is 5.73 Å². The van der Waals surface area contributed by atoms with Gasteiger partial charge in [-0.3, -0.25) is 4.79 Å². The minimum Gasteiger partial charge on any atom is -0.497 e. The van der Waals surface area contributed by atoms with Gasteiger partial charge in [-0.15, -0.1) is 0 Å². The van der Waals surface area contributed by atoms with E-state index in [4.69, 9.17) is 15.6 Å². The third-order valence-corrected chi connectivity index (χ3v) is 3.76. The number of fused-ring (bicyclic) bond motifs is 1. The topological polar surface area (TPSA) is 101 Å². The Morgan fingerprint density at radius 1 is 1.63 bits per heavy atom. The van der Waals surface area contributed by atoms with Gasteiger partial charge in [0, 0.05) is 6.07 Å². The third kappa shape index (κ3) is 3.18. The van der Waals surface area contributed by atoms with Crippen LogP contribution in [-0.4, -0.2) is 39.9 Å². The van der Waals surface area contributed by atoms with Crippen LogP contribution in [0, 0.1) is 0 Å². The first-order chi connectivity index (χ1) is 9.13.